The van der Waals surface area contributed by atoms with E-state index in [1.54, 1.807) is 0 Å². The zero-order chi connectivity index (χ0) is 8.60. The van der Waals surface area contributed by atoms with E-state index >= 15 is 0 Å². The molecule has 3 heteroatoms. The van der Waals surface area contributed by atoms with E-state index in [2.05, 4.69) is 5.10 Å². The Morgan fingerprint density at radius 1 is 1.67 bits per heavy atom. The van der Waals surface area contributed by atoms with E-state index in [1.165, 1.54) is 0 Å². The van der Waals surface area contributed by atoms with Gasteiger partial charge in [-0.3, -0.25) is 4.68 Å². The Morgan fingerprint density at radius 3 is 2.83 bits per heavy atom. The summed E-state index contributed by atoms with van der Waals surface area (Å²) in [6, 6.07) is 0. The monoisotopic (exact) mass is 166 g/mol. The predicted octanol–water partition coefficient (Wildman–Crippen LogP) is 1.11. The van der Waals surface area contributed by atoms with Gasteiger partial charge in [-0.2, -0.15) is 5.10 Å². The van der Waals surface area contributed by atoms with Crippen LogP contribution < -0.4 is 0 Å². The standard InChI is InChI=1S/C9H14N2O/c1-8-5-10-11(6-8)7-9(12)3-2-4-9/h5-6,12H,2-4,7H2,1H3. The minimum atomic E-state index is -0.460. The van der Waals surface area contributed by atoms with Gasteiger partial charge in [0.05, 0.1) is 18.3 Å². The average Bonchev–Trinajstić information content (AvgIpc) is 2.32. The molecular formula is C9H14N2O. The normalized spacial score (nSPS) is 20.5. The molecule has 12 heavy (non-hydrogen) atoms. The molecule has 1 aromatic rings. The molecule has 0 aliphatic heterocycles. The molecule has 0 spiro atoms. The van der Waals surface area contributed by atoms with Crippen molar-refractivity contribution in [1.82, 2.24) is 9.78 Å². The zero-order valence-electron chi connectivity index (χ0n) is 7.32. The number of aryl methyl sites for hydroxylation is 1. The van der Waals surface area contributed by atoms with Crippen LogP contribution in [0.25, 0.3) is 0 Å². The van der Waals surface area contributed by atoms with E-state index in [0.717, 1.165) is 24.8 Å². The van der Waals surface area contributed by atoms with Crippen LogP contribution >= 0.6 is 0 Å². The van der Waals surface area contributed by atoms with Gasteiger partial charge >= 0.3 is 0 Å². The summed E-state index contributed by atoms with van der Waals surface area (Å²) >= 11 is 0. The maximum absolute atomic E-state index is 9.81. The SMILES string of the molecule is Cc1cnn(CC2(O)CCC2)c1. The molecule has 3 nitrogen and oxygen atoms in total. The Kier molecular flexibility index (Phi) is 1.68. The van der Waals surface area contributed by atoms with Crippen LogP contribution in [0, 0.1) is 6.92 Å². The maximum atomic E-state index is 9.81. The van der Waals surface area contributed by atoms with Gasteiger partial charge in [0.2, 0.25) is 0 Å². The van der Waals surface area contributed by atoms with Crippen LogP contribution in [0.5, 0.6) is 0 Å². The first-order chi connectivity index (χ1) is 5.68. The van der Waals surface area contributed by atoms with Crippen LogP contribution in [-0.4, -0.2) is 20.5 Å². The lowest BCUT2D eigenvalue weighted by molar-refractivity contribution is -0.0498. The summed E-state index contributed by atoms with van der Waals surface area (Å²) in [5.41, 5.74) is 0.691. The van der Waals surface area contributed by atoms with Crippen molar-refractivity contribution in [3.8, 4) is 0 Å². The van der Waals surface area contributed by atoms with Gasteiger partial charge in [-0.15, -0.1) is 0 Å². The van der Waals surface area contributed by atoms with E-state index in [0.29, 0.717) is 6.54 Å². The first kappa shape index (κ1) is 7.80. The van der Waals surface area contributed by atoms with Crippen molar-refractivity contribution in [2.75, 3.05) is 0 Å². The first-order valence-corrected chi connectivity index (χ1v) is 4.39. The van der Waals surface area contributed by atoms with Crippen molar-refractivity contribution < 1.29 is 5.11 Å². The lowest BCUT2D eigenvalue weighted by Gasteiger charge is -2.36. The summed E-state index contributed by atoms with van der Waals surface area (Å²) in [6.07, 6.45) is 6.78. The summed E-state index contributed by atoms with van der Waals surface area (Å²) in [4.78, 5) is 0. The number of hydrogen-bond acceptors (Lipinski definition) is 2. The van der Waals surface area contributed by atoms with Crippen molar-refractivity contribution in [3.05, 3.63) is 18.0 Å². The van der Waals surface area contributed by atoms with E-state index in [-0.39, 0.29) is 0 Å². The van der Waals surface area contributed by atoms with Gasteiger partial charge in [0.15, 0.2) is 0 Å². The number of nitrogens with zero attached hydrogens (tertiary/aromatic N) is 2. The Morgan fingerprint density at radius 2 is 2.42 bits per heavy atom. The second-order valence-electron chi connectivity index (χ2n) is 3.79. The molecule has 0 saturated heterocycles. The fourth-order valence-electron chi connectivity index (χ4n) is 1.60. The smallest absolute Gasteiger partial charge is 0.0842 e. The molecule has 0 amide bonds. The van der Waals surface area contributed by atoms with Gasteiger partial charge in [0, 0.05) is 6.20 Å². The van der Waals surface area contributed by atoms with Crippen molar-refractivity contribution >= 4 is 0 Å². The van der Waals surface area contributed by atoms with Crippen LogP contribution in [0.4, 0.5) is 0 Å². The highest BCUT2D eigenvalue weighted by Gasteiger charge is 2.34. The highest BCUT2D eigenvalue weighted by atomic mass is 16.3. The summed E-state index contributed by atoms with van der Waals surface area (Å²) in [5.74, 6) is 0. The van der Waals surface area contributed by atoms with Gasteiger partial charge in [-0.25, -0.2) is 0 Å². The summed E-state index contributed by atoms with van der Waals surface area (Å²) in [6.45, 7) is 2.66. The lowest BCUT2D eigenvalue weighted by Crippen LogP contribution is -2.41. The van der Waals surface area contributed by atoms with E-state index in [4.69, 9.17) is 0 Å². The van der Waals surface area contributed by atoms with E-state index < -0.39 is 5.60 Å². The minimum absolute atomic E-state index is 0.460. The van der Waals surface area contributed by atoms with Gasteiger partial charge in [-0.1, -0.05) is 0 Å². The minimum Gasteiger partial charge on any atom is -0.388 e. The lowest BCUT2D eigenvalue weighted by atomic mass is 9.80. The highest BCUT2D eigenvalue weighted by molar-refractivity contribution is 5.00. The molecule has 0 aromatic carbocycles. The Hall–Kier alpha value is -0.830. The second kappa shape index (κ2) is 2.59. The number of rotatable bonds is 2. The number of aliphatic hydroxyl groups is 1. The molecule has 1 aromatic heterocycles. The topological polar surface area (TPSA) is 38.0 Å². The molecule has 0 bridgehead atoms. The summed E-state index contributed by atoms with van der Waals surface area (Å²) < 4.78 is 1.83. The van der Waals surface area contributed by atoms with Crippen molar-refractivity contribution in [2.45, 2.75) is 38.3 Å². The van der Waals surface area contributed by atoms with Gasteiger partial charge in [-0.05, 0) is 31.7 Å². The van der Waals surface area contributed by atoms with Crippen molar-refractivity contribution in [2.24, 2.45) is 0 Å². The average molecular weight is 166 g/mol. The molecule has 0 unspecified atom stereocenters. The molecule has 0 radical (unpaired) electrons. The fourth-order valence-corrected chi connectivity index (χ4v) is 1.60. The molecule has 1 aliphatic rings. The largest absolute Gasteiger partial charge is 0.388 e. The third kappa shape index (κ3) is 1.37. The molecule has 2 rings (SSSR count). The summed E-state index contributed by atoms with van der Waals surface area (Å²) in [5, 5.41) is 14.0. The molecule has 1 aliphatic carbocycles. The maximum Gasteiger partial charge on any atom is 0.0842 e. The molecule has 1 saturated carbocycles. The quantitative estimate of drug-likeness (QED) is 0.714. The van der Waals surface area contributed by atoms with Crippen LogP contribution in [0.15, 0.2) is 12.4 Å². The Bertz CT molecular complexity index is 276. The molecule has 1 fully saturated rings. The van der Waals surface area contributed by atoms with Gasteiger partial charge in [0.25, 0.3) is 0 Å². The molecular weight excluding hydrogens is 152 g/mol. The zero-order valence-corrected chi connectivity index (χ0v) is 7.32. The van der Waals surface area contributed by atoms with Gasteiger partial charge < -0.3 is 5.11 Å². The predicted molar refractivity (Wildman–Crippen MR) is 45.8 cm³/mol. The van der Waals surface area contributed by atoms with Gasteiger partial charge in [0.1, 0.15) is 0 Å². The fraction of sp³-hybridized carbons (Fsp3) is 0.667. The summed E-state index contributed by atoms with van der Waals surface area (Å²) in [7, 11) is 0. The van der Waals surface area contributed by atoms with Crippen molar-refractivity contribution in [1.29, 1.82) is 0 Å². The van der Waals surface area contributed by atoms with Crippen LogP contribution in [0.3, 0.4) is 0 Å². The Balaban J connectivity index is 2.03. The Labute approximate surface area is 72.0 Å². The number of hydrogen-bond donors (Lipinski definition) is 1. The van der Waals surface area contributed by atoms with Crippen LogP contribution in [0.1, 0.15) is 24.8 Å². The van der Waals surface area contributed by atoms with E-state index in [1.807, 2.05) is 24.0 Å². The first-order valence-electron chi connectivity index (χ1n) is 4.39. The number of aromatic nitrogens is 2. The van der Waals surface area contributed by atoms with Crippen molar-refractivity contribution in [3.63, 3.8) is 0 Å². The highest BCUT2D eigenvalue weighted by Crippen LogP contribution is 2.32. The third-order valence-electron chi connectivity index (χ3n) is 2.50. The van der Waals surface area contributed by atoms with Crippen LogP contribution in [-0.2, 0) is 6.54 Å². The molecule has 66 valence electrons. The third-order valence-corrected chi connectivity index (χ3v) is 2.50. The van der Waals surface area contributed by atoms with Crippen LogP contribution in [0.2, 0.25) is 0 Å². The second-order valence-corrected chi connectivity index (χ2v) is 3.79. The molecule has 0 atom stereocenters. The molecule has 1 heterocycles. The van der Waals surface area contributed by atoms with E-state index in [9.17, 15) is 5.11 Å². The molecule has 1 N–H and O–H groups in total.